The van der Waals surface area contributed by atoms with Crippen LogP contribution in [0.3, 0.4) is 0 Å². The Morgan fingerprint density at radius 3 is 2.40 bits per heavy atom. The molecule has 0 aromatic heterocycles. The van der Waals surface area contributed by atoms with Gasteiger partial charge in [0.15, 0.2) is 0 Å². The summed E-state index contributed by atoms with van der Waals surface area (Å²) in [7, 11) is 1.71. The summed E-state index contributed by atoms with van der Waals surface area (Å²) >= 11 is 6.09. The molecule has 2 N–H and O–H groups in total. The van der Waals surface area contributed by atoms with Crippen LogP contribution in [0.2, 0.25) is 5.02 Å². The van der Waals surface area contributed by atoms with Gasteiger partial charge in [-0.25, -0.2) is 0 Å². The second kappa shape index (κ2) is 6.89. The van der Waals surface area contributed by atoms with E-state index in [2.05, 4.69) is 30.3 Å². The summed E-state index contributed by atoms with van der Waals surface area (Å²) in [6.07, 6.45) is 0.919. The first-order valence-corrected chi connectivity index (χ1v) is 7.08. The summed E-state index contributed by atoms with van der Waals surface area (Å²) in [4.78, 5) is 0. The zero-order valence-electron chi connectivity index (χ0n) is 11.9. The second-order valence-electron chi connectivity index (χ2n) is 5.02. The molecular weight excluding hydrogens is 270 g/mol. The number of rotatable bonds is 5. The molecule has 106 valence electrons. The van der Waals surface area contributed by atoms with Crippen LogP contribution in [0.1, 0.15) is 28.3 Å². The smallest absolute Gasteiger partial charge is 0.0552 e. The van der Waals surface area contributed by atoms with E-state index < -0.39 is 0 Å². The molecule has 2 aromatic rings. The number of methoxy groups -OCH3 is 1. The molecule has 0 aliphatic carbocycles. The molecule has 3 heteroatoms. The van der Waals surface area contributed by atoms with Crippen molar-refractivity contribution in [3.05, 3.63) is 69.7 Å². The van der Waals surface area contributed by atoms with Gasteiger partial charge < -0.3 is 10.5 Å². The van der Waals surface area contributed by atoms with E-state index in [4.69, 9.17) is 22.1 Å². The molecule has 0 spiro atoms. The third-order valence-corrected chi connectivity index (χ3v) is 3.58. The van der Waals surface area contributed by atoms with Crippen molar-refractivity contribution in [3.63, 3.8) is 0 Å². The van der Waals surface area contributed by atoms with Crippen LogP contribution in [-0.4, -0.2) is 13.7 Å². The van der Waals surface area contributed by atoms with Crippen LogP contribution < -0.4 is 5.73 Å². The highest BCUT2D eigenvalue weighted by Crippen LogP contribution is 2.24. The van der Waals surface area contributed by atoms with E-state index in [1.54, 1.807) is 7.11 Å². The van der Waals surface area contributed by atoms with E-state index in [0.29, 0.717) is 0 Å². The first kappa shape index (κ1) is 15.0. The van der Waals surface area contributed by atoms with Crippen molar-refractivity contribution in [1.82, 2.24) is 0 Å². The number of benzene rings is 2. The van der Waals surface area contributed by atoms with Crippen molar-refractivity contribution < 1.29 is 4.74 Å². The van der Waals surface area contributed by atoms with Crippen LogP contribution in [0, 0.1) is 6.92 Å². The Kier molecular flexibility index (Phi) is 5.18. The first-order chi connectivity index (χ1) is 9.60. The predicted octanol–water partition coefficient (Wildman–Crippen LogP) is 3.89. The minimum atomic E-state index is -0.149. The zero-order chi connectivity index (χ0) is 14.5. The lowest BCUT2D eigenvalue weighted by Gasteiger charge is -2.14. The van der Waals surface area contributed by atoms with Gasteiger partial charge in [-0.2, -0.15) is 0 Å². The van der Waals surface area contributed by atoms with Crippen LogP contribution in [0.15, 0.2) is 42.5 Å². The van der Waals surface area contributed by atoms with Crippen molar-refractivity contribution in [2.24, 2.45) is 5.73 Å². The highest BCUT2D eigenvalue weighted by Gasteiger charge is 2.10. The summed E-state index contributed by atoms with van der Waals surface area (Å²) in [5.41, 5.74) is 10.8. The largest absolute Gasteiger partial charge is 0.384 e. The lowest BCUT2D eigenvalue weighted by atomic mass is 9.97. The summed E-state index contributed by atoms with van der Waals surface area (Å²) in [6, 6.07) is 14.2. The Morgan fingerprint density at radius 1 is 1.10 bits per heavy atom. The molecule has 0 fully saturated rings. The van der Waals surface area contributed by atoms with Crippen LogP contribution >= 0.6 is 11.6 Å². The average Bonchev–Trinajstić information content (AvgIpc) is 2.44. The molecular formula is C17H20ClNO. The maximum Gasteiger partial charge on any atom is 0.0552 e. The Morgan fingerprint density at radius 2 is 1.80 bits per heavy atom. The number of nitrogens with two attached hydrogens (primary N) is 1. The van der Waals surface area contributed by atoms with Crippen molar-refractivity contribution in [2.45, 2.75) is 19.4 Å². The molecule has 20 heavy (non-hydrogen) atoms. The van der Waals surface area contributed by atoms with E-state index >= 15 is 0 Å². The van der Waals surface area contributed by atoms with Crippen LogP contribution in [0.4, 0.5) is 0 Å². The molecule has 0 amide bonds. The van der Waals surface area contributed by atoms with Crippen LogP contribution in [0.25, 0.3) is 0 Å². The summed E-state index contributed by atoms with van der Waals surface area (Å²) in [5, 5.41) is 0.729. The summed E-state index contributed by atoms with van der Waals surface area (Å²) < 4.78 is 5.08. The lowest BCUT2D eigenvalue weighted by molar-refractivity contribution is 0.202. The normalized spacial score (nSPS) is 12.4. The molecule has 0 radical (unpaired) electrons. The van der Waals surface area contributed by atoms with E-state index in [0.717, 1.165) is 34.7 Å². The van der Waals surface area contributed by atoms with Gasteiger partial charge in [-0.1, -0.05) is 41.9 Å². The van der Waals surface area contributed by atoms with Gasteiger partial charge in [0, 0.05) is 12.1 Å². The average molecular weight is 290 g/mol. The molecule has 2 aromatic carbocycles. The summed E-state index contributed by atoms with van der Waals surface area (Å²) in [6.45, 7) is 2.76. The maximum atomic E-state index is 6.32. The van der Waals surface area contributed by atoms with Gasteiger partial charge in [0.1, 0.15) is 0 Å². The second-order valence-corrected chi connectivity index (χ2v) is 5.46. The van der Waals surface area contributed by atoms with Crippen molar-refractivity contribution in [1.29, 1.82) is 0 Å². The molecule has 0 bridgehead atoms. The molecule has 1 unspecified atom stereocenters. The third-order valence-electron chi connectivity index (χ3n) is 3.36. The van der Waals surface area contributed by atoms with Gasteiger partial charge in [-0.3, -0.25) is 0 Å². The van der Waals surface area contributed by atoms with E-state index in [9.17, 15) is 0 Å². The molecule has 1 atom stereocenters. The van der Waals surface area contributed by atoms with Crippen LogP contribution in [-0.2, 0) is 11.2 Å². The molecule has 0 aliphatic heterocycles. The standard InChI is InChI=1S/C17H20ClNO/c1-12-9-15(11-16(18)10-12)17(19)14-5-3-13(4-6-14)7-8-20-2/h3-6,9-11,17H,7-8,19H2,1-2H3. The number of ether oxygens (including phenoxy) is 1. The maximum absolute atomic E-state index is 6.32. The first-order valence-electron chi connectivity index (χ1n) is 6.70. The van der Waals surface area contributed by atoms with Gasteiger partial charge in [-0.15, -0.1) is 0 Å². The number of hydrogen-bond donors (Lipinski definition) is 1. The van der Waals surface area contributed by atoms with Gasteiger partial charge in [0.2, 0.25) is 0 Å². The van der Waals surface area contributed by atoms with Gasteiger partial charge in [0.25, 0.3) is 0 Å². The van der Waals surface area contributed by atoms with Gasteiger partial charge in [0.05, 0.1) is 12.6 Å². The number of aryl methyl sites for hydroxylation is 1. The molecule has 2 rings (SSSR count). The highest BCUT2D eigenvalue weighted by atomic mass is 35.5. The highest BCUT2D eigenvalue weighted by molar-refractivity contribution is 6.30. The number of halogens is 1. The Labute approximate surface area is 125 Å². The molecule has 0 saturated heterocycles. The van der Waals surface area contributed by atoms with Crippen molar-refractivity contribution in [3.8, 4) is 0 Å². The SMILES string of the molecule is COCCc1ccc(C(N)c2cc(C)cc(Cl)c2)cc1. The molecule has 0 heterocycles. The lowest BCUT2D eigenvalue weighted by Crippen LogP contribution is -2.12. The Hall–Kier alpha value is -1.35. The van der Waals surface area contributed by atoms with E-state index in [1.807, 2.05) is 19.1 Å². The van der Waals surface area contributed by atoms with Crippen LogP contribution in [0.5, 0.6) is 0 Å². The Bertz CT molecular complexity index is 545. The fourth-order valence-corrected chi connectivity index (χ4v) is 2.55. The summed E-state index contributed by atoms with van der Waals surface area (Å²) in [5.74, 6) is 0. The molecule has 2 nitrogen and oxygen atoms in total. The zero-order valence-corrected chi connectivity index (χ0v) is 12.7. The van der Waals surface area contributed by atoms with Crippen molar-refractivity contribution >= 4 is 11.6 Å². The minimum Gasteiger partial charge on any atom is -0.384 e. The predicted molar refractivity (Wildman–Crippen MR) is 84.2 cm³/mol. The topological polar surface area (TPSA) is 35.2 Å². The molecule has 0 aliphatic rings. The van der Waals surface area contributed by atoms with Gasteiger partial charge in [-0.05, 0) is 47.7 Å². The monoisotopic (exact) mass is 289 g/mol. The molecule has 0 saturated carbocycles. The minimum absolute atomic E-state index is 0.149. The van der Waals surface area contributed by atoms with E-state index in [1.165, 1.54) is 5.56 Å². The van der Waals surface area contributed by atoms with Crippen molar-refractivity contribution in [2.75, 3.05) is 13.7 Å². The Balaban J connectivity index is 2.17. The fourth-order valence-electron chi connectivity index (χ4n) is 2.25. The van der Waals surface area contributed by atoms with E-state index in [-0.39, 0.29) is 6.04 Å². The number of hydrogen-bond acceptors (Lipinski definition) is 2. The van der Waals surface area contributed by atoms with Gasteiger partial charge >= 0.3 is 0 Å². The third kappa shape index (κ3) is 3.83. The fraction of sp³-hybridized carbons (Fsp3) is 0.294. The quantitative estimate of drug-likeness (QED) is 0.906.